The van der Waals surface area contributed by atoms with Gasteiger partial charge < -0.3 is 0 Å². The second-order valence-corrected chi connectivity index (χ2v) is 4.90. The van der Waals surface area contributed by atoms with Crippen LogP contribution in [0.15, 0.2) is 52.3 Å². The van der Waals surface area contributed by atoms with E-state index in [1.54, 1.807) is 6.07 Å². The molecule has 2 aromatic rings. The standard InChI is InChI=1S/C14H11FOS/c1-10-2-4-13(5-3-10)17-14-7-11(9-16)6-12(15)8-14/h2-9H,1H3. The quantitative estimate of drug-likeness (QED) is 0.758. The summed E-state index contributed by atoms with van der Waals surface area (Å²) in [6.45, 7) is 2.02. The van der Waals surface area contributed by atoms with Gasteiger partial charge in [-0.25, -0.2) is 4.39 Å². The average molecular weight is 246 g/mol. The number of aldehydes is 1. The number of hydrogen-bond donors (Lipinski definition) is 0. The van der Waals surface area contributed by atoms with Gasteiger partial charge in [0, 0.05) is 15.4 Å². The Morgan fingerprint density at radius 1 is 1.06 bits per heavy atom. The van der Waals surface area contributed by atoms with Crippen LogP contribution in [-0.4, -0.2) is 6.29 Å². The van der Waals surface area contributed by atoms with Crippen molar-refractivity contribution >= 4 is 18.0 Å². The fourth-order valence-corrected chi connectivity index (χ4v) is 2.36. The van der Waals surface area contributed by atoms with Gasteiger partial charge in [0.1, 0.15) is 12.1 Å². The Morgan fingerprint density at radius 2 is 1.76 bits per heavy atom. The molecule has 1 nitrogen and oxygen atoms in total. The van der Waals surface area contributed by atoms with Crippen LogP contribution in [0.4, 0.5) is 4.39 Å². The Labute approximate surface area is 104 Å². The molecule has 0 heterocycles. The number of carbonyl (C=O) groups is 1. The molecule has 0 amide bonds. The number of halogens is 1. The first kappa shape index (κ1) is 11.9. The summed E-state index contributed by atoms with van der Waals surface area (Å²) in [7, 11) is 0. The molecule has 17 heavy (non-hydrogen) atoms. The SMILES string of the molecule is Cc1ccc(Sc2cc(F)cc(C=O)c2)cc1. The third-order valence-corrected chi connectivity index (χ3v) is 3.27. The average Bonchev–Trinajstić information content (AvgIpc) is 2.31. The molecule has 0 aliphatic rings. The van der Waals surface area contributed by atoms with E-state index >= 15 is 0 Å². The third-order valence-electron chi connectivity index (χ3n) is 2.29. The van der Waals surface area contributed by atoms with Gasteiger partial charge in [0.05, 0.1) is 0 Å². The summed E-state index contributed by atoms with van der Waals surface area (Å²) in [4.78, 5) is 12.4. The summed E-state index contributed by atoms with van der Waals surface area (Å²) in [5.41, 5.74) is 1.54. The van der Waals surface area contributed by atoms with Gasteiger partial charge in [-0.05, 0) is 37.3 Å². The monoisotopic (exact) mass is 246 g/mol. The lowest BCUT2D eigenvalue weighted by atomic mass is 10.2. The molecule has 3 heteroatoms. The largest absolute Gasteiger partial charge is 0.298 e. The predicted molar refractivity (Wildman–Crippen MR) is 67.1 cm³/mol. The summed E-state index contributed by atoms with van der Waals surface area (Å²) in [5, 5.41) is 0. The Balaban J connectivity index is 2.26. The van der Waals surface area contributed by atoms with Crippen molar-refractivity contribution in [3.05, 3.63) is 59.4 Å². The van der Waals surface area contributed by atoms with E-state index in [1.165, 1.54) is 29.5 Å². The van der Waals surface area contributed by atoms with Crippen LogP contribution in [0.1, 0.15) is 15.9 Å². The van der Waals surface area contributed by atoms with E-state index in [9.17, 15) is 9.18 Å². The summed E-state index contributed by atoms with van der Waals surface area (Å²) in [5.74, 6) is -0.385. The Kier molecular flexibility index (Phi) is 3.59. The van der Waals surface area contributed by atoms with Crippen LogP contribution >= 0.6 is 11.8 Å². The number of carbonyl (C=O) groups excluding carboxylic acids is 1. The van der Waals surface area contributed by atoms with Crippen molar-refractivity contribution in [3.8, 4) is 0 Å². The van der Waals surface area contributed by atoms with E-state index in [0.717, 1.165) is 9.79 Å². The summed E-state index contributed by atoms with van der Waals surface area (Å²) < 4.78 is 13.2. The highest BCUT2D eigenvalue weighted by Gasteiger charge is 2.02. The summed E-state index contributed by atoms with van der Waals surface area (Å²) in [6, 6.07) is 12.3. The maximum Gasteiger partial charge on any atom is 0.150 e. The lowest BCUT2D eigenvalue weighted by Gasteiger charge is -2.03. The Hall–Kier alpha value is -1.61. The predicted octanol–water partition coefficient (Wildman–Crippen LogP) is 4.10. The van der Waals surface area contributed by atoms with Crippen molar-refractivity contribution in [2.45, 2.75) is 16.7 Å². The molecular formula is C14H11FOS. The van der Waals surface area contributed by atoms with E-state index in [2.05, 4.69) is 0 Å². The van der Waals surface area contributed by atoms with Gasteiger partial charge in [0.25, 0.3) is 0 Å². The molecule has 0 saturated heterocycles. The number of aryl methyl sites for hydroxylation is 1. The van der Waals surface area contributed by atoms with Gasteiger partial charge >= 0.3 is 0 Å². The minimum absolute atomic E-state index is 0.361. The zero-order chi connectivity index (χ0) is 12.3. The van der Waals surface area contributed by atoms with Crippen LogP contribution in [0.5, 0.6) is 0 Å². The summed E-state index contributed by atoms with van der Waals surface area (Å²) >= 11 is 1.44. The van der Waals surface area contributed by atoms with Gasteiger partial charge in [0.15, 0.2) is 0 Å². The second-order valence-electron chi connectivity index (χ2n) is 3.75. The normalized spacial score (nSPS) is 10.2. The lowest BCUT2D eigenvalue weighted by molar-refractivity contribution is 0.112. The van der Waals surface area contributed by atoms with Crippen LogP contribution in [0.2, 0.25) is 0 Å². The molecule has 0 aliphatic carbocycles. The van der Waals surface area contributed by atoms with Crippen molar-refractivity contribution in [2.75, 3.05) is 0 Å². The van der Waals surface area contributed by atoms with E-state index in [1.807, 2.05) is 31.2 Å². The molecular weight excluding hydrogens is 235 g/mol. The maximum atomic E-state index is 13.2. The highest BCUT2D eigenvalue weighted by atomic mass is 32.2. The lowest BCUT2D eigenvalue weighted by Crippen LogP contribution is -1.84. The zero-order valence-electron chi connectivity index (χ0n) is 9.31. The Bertz CT molecular complexity index is 534. The van der Waals surface area contributed by atoms with Crippen LogP contribution < -0.4 is 0 Å². The van der Waals surface area contributed by atoms with Gasteiger partial charge in [-0.2, -0.15) is 0 Å². The fourth-order valence-electron chi connectivity index (χ4n) is 1.45. The van der Waals surface area contributed by atoms with Crippen LogP contribution in [-0.2, 0) is 0 Å². The molecule has 0 atom stereocenters. The van der Waals surface area contributed by atoms with Gasteiger partial charge in [0.2, 0.25) is 0 Å². The van der Waals surface area contributed by atoms with E-state index in [-0.39, 0.29) is 5.82 Å². The summed E-state index contributed by atoms with van der Waals surface area (Å²) in [6.07, 6.45) is 0.655. The molecule has 0 aromatic heterocycles. The van der Waals surface area contributed by atoms with Crippen LogP contribution in [0.25, 0.3) is 0 Å². The highest BCUT2D eigenvalue weighted by molar-refractivity contribution is 7.99. The van der Waals surface area contributed by atoms with Crippen molar-refractivity contribution < 1.29 is 9.18 Å². The number of benzene rings is 2. The smallest absolute Gasteiger partial charge is 0.150 e. The molecule has 0 aliphatic heterocycles. The molecule has 0 unspecified atom stereocenters. The van der Waals surface area contributed by atoms with E-state index < -0.39 is 0 Å². The first-order chi connectivity index (χ1) is 8.17. The molecule has 86 valence electrons. The van der Waals surface area contributed by atoms with Crippen molar-refractivity contribution in [3.63, 3.8) is 0 Å². The minimum atomic E-state index is -0.385. The Morgan fingerprint density at radius 3 is 2.41 bits per heavy atom. The molecule has 0 N–H and O–H groups in total. The fraction of sp³-hybridized carbons (Fsp3) is 0.0714. The molecule has 0 radical (unpaired) electrons. The number of hydrogen-bond acceptors (Lipinski definition) is 2. The van der Waals surface area contributed by atoms with Gasteiger partial charge in [-0.15, -0.1) is 0 Å². The van der Waals surface area contributed by atoms with E-state index in [4.69, 9.17) is 0 Å². The zero-order valence-corrected chi connectivity index (χ0v) is 10.1. The molecule has 0 fully saturated rings. The van der Waals surface area contributed by atoms with Crippen LogP contribution in [0.3, 0.4) is 0 Å². The molecule has 0 saturated carbocycles. The molecule has 2 rings (SSSR count). The molecule has 0 spiro atoms. The van der Waals surface area contributed by atoms with Crippen molar-refractivity contribution in [2.24, 2.45) is 0 Å². The minimum Gasteiger partial charge on any atom is -0.298 e. The van der Waals surface area contributed by atoms with Crippen molar-refractivity contribution in [1.82, 2.24) is 0 Å². The second kappa shape index (κ2) is 5.15. The maximum absolute atomic E-state index is 13.2. The topological polar surface area (TPSA) is 17.1 Å². The van der Waals surface area contributed by atoms with E-state index in [0.29, 0.717) is 11.8 Å². The third kappa shape index (κ3) is 3.17. The first-order valence-corrected chi connectivity index (χ1v) is 5.99. The molecule has 2 aromatic carbocycles. The van der Waals surface area contributed by atoms with Gasteiger partial charge in [-0.3, -0.25) is 4.79 Å². The van der Waals surface area contributed by atoms with Crippen LogP contribution in [0, 0.1) is 12.7 Å². The highest BCUT2D eigenvalue weighted by Crippen LogP contribution is 2.28. The molecule has 0 bridgehead atoms. The van der Waals surface area contributed by atoms with Crippen molar-refractivity contribution in [1.29, 1.82) is 0 Å². The van der Waals surface area contributed by atoms with Gasteiger partial charge in [-0.1, -0.05) is 29.5 Å². The number of rotatable bonds is 3. The first-order valence-electron chi connectivity index (χ1n) is 5.18.